The zero-order chi connectivity index (χ0) is 9.94. The lowest BCUT2D eigenvalue weighted by Gasteiger charge is -2.03. The molecule has 0 fully saturated rings. The van der Waals surface area contributed by atoms with Crippen LogP contribution in [0.4, 0.5) is 0 Å². The zero-order valence-electron chi connectivity index (χ0n) is 7.56. The van der Waals surface area contributed by atoms with Gasteiger partial charge in [0.2, 0.25) is 0 Å². The predicted octanol–water partition coefficient (Wildman–Crippen LogP) is 2.08. The van der Waals surface area contributed by atoms with Gasteiger partial charge in [-0.05, 0) is 18.4 Å². The molecule has 0 aromatic heterocycles. The summed E-state index contributed by atoms with van der Waals surface area (Å²) >= 11 is 0. The lowest BCUT2D eigenvalue weighted by atomic mass is 10.0. The highest BCUT2D eigenvalue weighted by molar-refractivity contribution is 5.64. The van der Waals surface area contributed by atoms with Crippen molar-refractivity contribution in [3.63, 3.8) is 0 Å². The highest BCUT2D eigenvalue weighted by atomic mass is 16.1. The van der Waals surface area contributed by atoms with Gasteiger partial charge in [-0.25, -0.2) is 0 Å². The molecule has 0 aliphatic rings. The van der Waals surface area contributed by atoms with Crippen LogP contribution in [0.3, 0.4) is 0 Å². The maximum Gasteiger partial charge on any atom is 0.142 e. The number of carbonyl (C=O) groups is 2. The van der Waals surface area contributed by atoms with E-state index in [1.165, 1.54) is 6.08 Å². The van der Waals surface area contributed by atoms with E-state index in [0.717, 1.165) is 12.6 Å². The van der Waals surface area contributed by atoms with Gasteiger partial charge in [0.05, 0.1) is 0 Å². The van der Waals surface area contributed by atoms with Crippen molar-refractivity contribution in [2.75, 3.05) is 0 Å². The standard InChI is InChI=1S/C11H14O2/c1-2-3-6-11(8-10-13)7-4-5-9-12/h2-6,9-11H,1,7-8H2. The number of allylic oxidation sites excluding steroid dienone is 5. The Morgan fingerprint density at radius 1 is 1.15 bits per heavy atom. The minimum absolute atomic E-state index is 0.173. The molecule has 13 heavy (non-hydrogen) atoms. The van der Waals surface area contributed by atoms with Gasteiger partial charge in [0, 0.05) is 6.42 Å². The van der Waals surface area contributed by atoms with Crippen LogP contribution in [0.25, 0.3) is 0 Å². The molecule has 0 saturated carbocycles. The summed E-state index contributed by atoms with van der Waals surface area (Å²) in [5, 5.41) is 0. The van der Waals surface area contributed by atoms with Crippen LogP contribution in [-0.4, -0.2) is 12.6 Å². The first-order valence-corrected chi connectivity index (χ1v) is 4.18. The molecule has 0 aromatic carbocycles. The maximum atomic E-state index is 10.3. The zero-order valence-corrected chi connectivity index (χ0v) is 7.56. The second kappa shape index (κ2) is 8.65. The Morgan fingerprint density at radius 2 is 1.92 bits per heavy atom. The molecular formula is C11H14O2. The topological polar surface area (TPSA) is 34.1 Å². The third-order valence-corrected chi connectivity index (χ3v) is 1.57. The fraction of sp³-hybridized carbons (Fsp3) is 0.273. The third kappa shape index (κ3) is 6.94. The van der Waals surface area contributed by atoms with Gasteiger partial charge in [-0.3, -0.25) is 4.79 Å². The second-order valence-corrected chi connectivity index (χ2v) is 2.58. The van der Waals surface area contributed by atoms with Gasteiger partial charge in [-0.2, -0.15) is 0 Å². The minimum Gasteiger partial charge on any atom is -0.303 e. The summed E-state index contributed by atoms with van der Waals surface area (Å²) in [6.07, 6.45) is 11.4. The van der Waals surface area contributed by atoms with Crippen molar-refractivity contribution >= 4 is 12.6 Å². The van der Waals surface area contributed by atoms with Crippen LogP contribution in [0, 0.1) is 5.92 Å². The van der Waals surface area contributed by atoms with Crippen LogP contribution in [-0.2, 0) is 9.59 Å². The first-order chi connectivity index (χ1) is 6.35. The van der Waals surface area contributed by atoms with Crippen molar-refractivity contribution in [2.24, 2.45) is 5.92 Å². The average molecular weight is 178 g/mol. The van der Waals surface area contributed by atoms with Gasteiger partial charge >= 0.3 is 0 Å². The van der Waals surface area contributed by atoms with Crippen molar-refractivity contribution < 1.29 is 9.59 Å². The molecule has 1 atom stereocenters. The van der Waals surface area contributed by atoms with Gasteiger partial charge in [0.1, 0.15) is 12.6 Å². The van der Waals surface area contributed by atoms with E-state index in [1.807, 2.05) is 12.2 Å². The molecule has 0 spiro atoms. The number of aldehydes is 2. The Balaban J connectivity index is 3.99. The van der Waals surface area contributed by atoms with E-state index in [2.05, 4.69) is 6.58 Å². The summed E-state index contributed by atoms with van der Waals surface area (Å²) in [5.74, 6) is 0.173. The summed E-state index contributed by atoms with van der Waals surface area (Å²) in [6, 6.07) is 0. The van der Waals surface area contributed by atoms with Crippen LogP contribution in [0.1, 0.15) is 12.8 Å². The Morgan fingerprint density at radius 3 is 2.46 bits per heavy atom. The fourth-order valence-electron chi connectivity index (χ4n) is 0.922. The van der Waals surface area contributed by atoms with E-state index in [1.54, 1.807) is 12.2 Å². The molecule has 2 heteroatoms. The largest absolute Gasteiger partial charge is 0.303 e. The highest BCUT2D eigenvalue weighted by Crippen LogP contribution is 2.09. The lowest BCUT2D eigenvalue weighted by Crippen LogP contribution is -1.95. The van der Waals surface area contributed by atoms with E-state index < -0.39 is 0 Å². The van der Waals surface area contributed by atoms with Crippen molar-refractivity contribution in [2.45, 2.75) is 12.8 Å². The van der Waals surface area contributed by atoms with Crippen LogP contribution in [0.5, 0.6) is 0 Å². The number of rotatable bonds is 7. The van der Waals surface area contributed by atoms with Gasteiger partial charge in [0.25, 0.3) is 0 Å². The van der Waals surface area contributed by atoms with E-state index in [4.69, 9.17) is 0 Å². The Hall–Kier alpha value is -1.44. The minimum atomic E-state index is 0.173. The van der Waals surface area contributed by atoms with Crippen LogP contribution < -0.4 is 0 Å². The molecule has 0 radical (unpaired) electrons. The fourth-order valence-corrected chi connectivity index (χ4v) is 0.922. The Labute approximate surface area is 78.6 Å². The lowest BCUT2D eigenvalue weighted by molar-refractivity contribution is -0.108. The van der Waals surface area contributed by atoms with Crippen molar-refractivity contribution in [1.82, 2.24) is 0 Å². The SMILES string of the molecule is C=CC=CC(CC=O)CC=CC=O. The smallest absolute Gasteiger partial charge is 0.142 e. The molecule has 0 aliphatic heterocycles. The normalized spacial score (nSPS) is 13.2. The maximum absolute atomic E-state index is 10.3. The van der Waals surface area contributed by atoms with Gasteiger partial charge in [-0.15, -0.1) is 0 Å². The summed E-state index contributed by atoms with van der Waals surface area (Å²) in [4.78, 5) is 20.2. The van der Waals surface area contributed by atoms with E-state index >= 15 is 0 Å². The van der Waals surface area contributed by atoms with Crippen molar-refractivity contribution in [3.8, 4) is 0 Å². The van der Waals surface area contributed by atoms with E-state index in [0.29, 0.717) is 12.8 Å². The quantitative estimate of drug-likeness (QED) is 0.340. The molecule has 0 bridgehead atoms. The first kappa shape index (κ1) is 11.6. The summed E-state index contributed by atoms with van der Waals surface area (Å²) < 4.78 is 0. The van der Waals surface area contributed by atoms with E-state index in [-0.39, 0.29) is 5.92 Å². The first-order valence-electron chi connectivity index (χ1n) is 4.18. The van der Waals surface area contributed by atoms with E-state index in [9.17, 15) is 9.59 Å². The number of carbonyl (C=O) groups excluding carboxylic acids is 2. The molecule has 0 saturated heterocycles. The van der Waals surface area contributed by atoms with Gasteiger partial charge < -0.3 is 4.79 Å². The van der Waals surface area contributed by atoms with Crippen LogP contribution in [0.2, 0.25) is 0 Å². The molecule has 0 aliphatic carbocycles. The average Bonchev–Trinajstić information content (AvgIpc) is 2.14. The number of hydrogen-bond donors (Lipinski definition) is 0. The second-order valence-electron chi connectivity index (χ2n) is 2.58. The molecule has 2 nitrogen and oxygen atoms in total. The van der Waals surface area contributed by atoms with Crippen LogP contribution in [0.15, 0.2) is 37.0 Å². The molecule has 1 unspecified atom stereocenters. The van der Waals surface area contributed by atoms with Crippen molar-refractivity contribution in [1.29, 1.82) is 0 Å². The summed E-state index contributed by atoms with van der Waals surface area (Å²) in [5.41, 5.74) is 0. The summed E-state index contributed by atoms with van der Waals surface area (Å²) in [7, 11) is 0. The molecule has 70 valence electrons. The van der Waals surface area contributed by atoms with Gasteiger partial charge in [-0.1, -0.05) is 30.9 Å². The predicted molar refractivity (Wildman–Crippen MR) is 53.3 cm³/mol. The molecule has 0 aromatic rings. The highest BCUT2D eigenvalue weighted by Gasteiger charge is 1.99. The Kier molecular flexibility index (Phi) is 7.70. The molecular weight excluding hydrogens is 164 g/mol. The molecule has 0 rings (SSSR count). The molecule has 0 heterocycles. The molecule has 0 N–H and O–H groups in total. The van der Waals surface area contributed by atoms with Gasteiger partial charge in [0.15, 0.2) is 0 Å². The Bertz CT molecular complexity index is 214. The third-order valence-electron chi connectivity index (χ3n) is 1.57. The monoisotopic (exact) mass is 178 g/mol. The molecule has 0 amide bonds. The van der Waals surface area contributed by atoms with Crippen LogP contribution >= 0.6 is 0 Å². The summed E-state index contributed by atoms with van der Waals surface area (Å²) in [6.45, 7) is 3.54. The number of hydrogen-bond acceptors (Lipinski definition) is 2. The van der Waals surface area contributed by atoms with Crippen molar-refractivity contribution in [3.05, 3.63) is 37.0 Å².